The smallest absolute Gasteiger partial charge is 0.333 e. The van der Waals surface area contributed by atoms with Crippen molar-refractivity contribution in [3.05, 3.63) is 24.8 Å². The summed E-state index contributed by atoms with van der Waals surface area (Å²) >= 11 is 0. The highest BCUT2D eigenvalue weighted by atomic mass is 16.6. The van der Waals surface area contributed by atoms with Crippen LogP contribution < -0.4 is 0 Å². The average Bonchev–Trinajstić information content (AvgIpc) is 3.94. The quantitative estimate of drug-likeness (QED) is 0.0263. The maximum absolute atomic E-state index is 11.0. The molecule has 2 aliphatic rings. The Hall–Kier alpha value is -2.76. The predicted octanol–water partition coefficient (Wildman–Crippen LogP) is 8.65. The summed E-state index contributed by atoms with van der Waals surface area (Å²) in [5.74, 6) is -1.12. The lowest BCUT2D eigenvalue weighted by atomic mass is 9.90. The van der Waals surface area contributed by atoms with Crippen LogP contribution in [0.4, 0.5) is 0 Å². The van der Waals surface area contributed by atoms with Gasteiger partial charge in [-0.3, -0.25) is 9.59 Å². The predicted molar refractivity (Wildman–Crippen MR) is 205 cm³/mol. The van der Waals surface area contributed by atoms with Gasteiger partial charge >= 0.3 is 23.9 Å². The molecular weight excluding hydrogens is 668 g/mol. The molecule has 2 aliphatic heterocycles. The van der Waals surface area contributed by atoms with Gasteiger partial charge in [0.25, 0.3) is 0 Å². The van der Waals surface area contributed by atoms with Gasteiger partial charge in [-0.15, -0.1) is 0 Å². The second kappa shape index (κ2) is 36.6. The van der Waals surface area contributed by atoms with Crippen molar-refractivity contribution in [2.24, 2.45) is 5.41 Å². The summed E-state index contributed by atoms with van der Waals surface area (Å²) in [5.41, 5.74) is 0.723. The highest BCUT2D eigenvalue weighted by Crippen LogP contribution is 2.26. The largest absolute Gasteiger partial charge is 0.466 e. The summed E-state index contributed by atoms with van der Waals surface area (Å²) in [5, 5.41) is 0. The van der Waals surface area contributed by atoms with E-state index in [0.717, 1.165) is 52.0 Å². The van der Waals surface area contributed by atoms with Crippen LogP contribution in [-0.2, 0) is 52.3 Å². The van der Waals surface area contributed by atoms with Crippen LogP contribution in [0.2, 0.25) is 0 Å². The Kier molecular flexibility index (Phi) is 36.1. The molecule has 0 N–H and O–H groups in total. The zero-order valence-electron chi connectivity index (χ0n) is 33.7. The molecule has 52 heavy (non-hydrogen) atoms. The highest BCUT2D eigenvalue weighted by Gasteiger charge is 2.33. The molecule has 0 saturated carbocycles. The summed E-state index contributed by atoms with van der Waals surface area (Å²) in [6.07, 6.45) is 17.7. The Morgan fingerprint density at radius 1 is 0.692 bits per heavy atom. The number of hydrogen-bond donors (Lipinski definition) is 0. The molecular formula is C41H74O11. The van der Waals surface area contributed by atoms with Crippen molar-refractivity contribution in [1.29, 1.82) is 0 Å². The van der Waals surface area contributed by atoms with Crippen LogP contribution in [0.5, 0.6) is 0 Å². The summed E-state index contributed by atoms with van der Waals surface area (Å²) in [4.78, 5) is 43.4. The van der Waals surface area contributed by atoms with Gasteiger partial charge in [0.05, 0.1) is 59.0 Å². The van der Waals surface area contributed by atoms with Crippen molar-refractivity contribution in [2.75, 3.05) is 59.5 Å². The Bertz CT molecular complexity index is 926. The SMILES string of the molecule is C=C(C)C(=O)OCCCCOC(=O)CCC.C=CC(=O)OCCCCOC(=O)CCC.CCCCCCC1CO1.CCCCCOCC1(C)COC1. The van der Waals surface area contributed by atoms with Gasteiger partial charge < -0.3 is 33.2 Å². The number of esters is 4. The number of carbonyl (C=O) groups excluding carboxylic acids is 4. The summed E-state index contributed by atoms with van der Waals surface area (Å²) in [7, 11) is 0. The molecule has 0 aromatic carbocycles. The molecule has 2 rings (SSSR count). The molecule has 11 nitrogen and oxygen atoms in total. The molecule has 1 atom stereocenters. The van der Waals surface area contributed by atoms with E-state index in [-0.39, 0.29) is 17.9 Å². The van der Waals surface area contributed by atoms with Gasteiger partial charge in [-0.05, 0) is 58.3 Å². The molecule has 0 aromatic heterocycles. The van der Waals surface area contributed by atoms with Crippen molar-refractivity contribution in [1.82, 2.24) is 0 Å². The third kappa shape index (κ3) is 37.0. The van der Waals surface area contributed by atoms with Gasteiger partial charge in [-0.2, -0.15) is 0 Å². The summed E-state index contributed by atoms with van der Waals surface area (Å²) < 4.78 is 35.3. The Morgan fingerprint density at radius 3 is 1.60 bits per heavy atom. The average molecular weight is 743 g/mol. The first-order valence-electron chi connectivity index (χ1n) is 19.7. The monoisotopic (exact) mass is 743 g/mol. The van der Waals surface area contributed by atoms with E-state index in [0.29, 0.717) is 82.0 Å². The highest BCUT2D eigenvalue weighted by molar-refractivity contribution is 5.86. The molecule has 0 spiro atoms. The molecule has 0 aliphatic carbocycles. The minimum absolute atomic E-state index is 0.165. The summed E-state index contributed by atoms with van der Waals surface area (Å²) in [6, 6.07) is 0. The van der Waals surface area contributed by atoms with Crippen molar-refractivity contribution in [3.8, 4) is 0 Å². The number of carbonyl (C=O) groups is 4. The van der Waals surface area contributed by atoms with Gasteiger partial charge in [-0.25, -0.2) is 9.59 Å². The normalized spacial score (nSPS) is 14.6. The molecule has 2 heterocycles. The maximum atomic E-state index is 11.0. The fourth-order valence-electron chi connectivity index (χ4n) is 4.19. The van der Waals surface area contributed by atoms with Crippen molar-refractivity contribution in [3.63, 3.8) is 0 Å². The van der Waals surface area contributed by atoms with Gasteiger partial charge in [0.1, 0.15) is 0 Å². The topological polar surface area (TPSA) is 136 Å². The van der Waals surface area contributed by atoms with Crippen LogP contribution in [0, 0.1) is 5.41 Å². The lowest BCUT2D eigenvalue weighted by molar-refractivity contribution is -0.145. The van der Waals surface area contributed by atoms with Crippen LogP contribution in [-0.4, -0.2) is 89.4 Å². The molecule has 0 amide bonds. The minimum Gasteiger partial charge on any atom is -0.466 e. The number of rotatable bonds is 27. The van der Waals surface area contributed by atoms with Crippen LogP contribution >= 0.6 is 0 Å². The molecule has 0 aromatic rings. The van der Waals surface area contributed by atoms with E-state index >= 15 is 0 Å². The number of epoxide rings is 1. The zero-order chi connectivity index (χ0) is 39.3. The fourth-order valence-corrected chi connectivity index (χ4v) is 4.19. The third-order valence-corrected chi connectivity index (χ3v) is 7.53. The van der Waals surface area contributed by atoms with Crippen molar-refractivity contribution < 1.29 is 52.3 Å². The molecule has 11 heteroatoms. The van der Waals surface area contributed by atoms with E-state index in [4.69, 9.17) is 33.2 Å². The molecule has 0 bridgehead atoms. The lowest BCUT2D eigenvalue weighted by Crippen LogP contribution is -2.43. The standard InChI is InChI=1S/C12H20O4.C11H18O4.C10H20O2.C8H16O/c1-4-7-11(13)15-8-5-6-9-16-12(14)10(2)3;1-3-7-11(13)15-9-6-5-8-14-10(12)4-2;1-3-4-5-6-11-7-10(2)8-12-9-10;1-2-3-4-5-6-8-7-9-8/h2,4-9H2,1,3H3;4H,2-3,5-9H2,1H3;3-9H2,1-2H3;8H,2-7H2,1H3. The van der Waals surface area contributed by atoms with Crippen LogP contribution in [0.3, 0.4) is 0 Å². The first-order valence-corrected chi connectivity index (χ1v) is 19.7. The van der Waals surface area contributed by atoms with Gasteiger partial charge in [0.15, 0.2) is 0 Å². The number of hydrogen-bond acceptors (Lipinski definition) is 11. The van der Waals surface area contributed by atoms with E-state index in [1.54, 1.807) is 6.92 Å². The van der Waals surface area contributed by atoms with Gasteiger partial charge in [0.2, 0.25) is 0 Å². The Labute approximate surface area is 315 Å². The van der Waals surface area contributed by atoms with Crippen molar-refractivity contribution in [2.45, 2.75) is 150 Å². The molecule has 0 radical (unpaired) electrons. The molecule has 1 unspecified atom stereocenters. The Morgan fingerprint density at radius 2 is 1.17 bits per heavy atom. The van der Waals surface area contributed by atoms with Crippen LogP contribution in [0.25, 0.3) is 0 Å². The number of ether oxygens (including phenoxy) is 7. The number of unbranched alkanes of at least 4 members (excludes halogenated alkanes) is 7. The van der Waals surface area contributed by atoms with Crippen molar-refractivity contribution >= 4 is 23.9 Å². The lowest BCUT2D eigenvalue weighted by Gasteiger charge is -2.37. The second-order valence-electron chi connectivity index (χ2n) is 13.5. The maximum Gasteiger partial charge on any atom is 0.333 e. The second-order valence-corrected chi connectivity index (χ2v) is 13.5. The van der Waals surface area contributed by atoms with E-state index < -0.39 is 5.97 Å². The molecule has 2 saturated heterocycles. The molecule has 304 valence electrons. The van der Waals surface area contributed by atoms with E-state index in [2.05, 4.69) is 33.9 Å². The zero-order valence-corrected chi connectivity index (χ0v) is 33.7. The van der Waals surface area contributed by atoms with E-state index in [1.165, 1.54) is 51.4 Å². The third-order valence-electron chi connectivity index (χ3n) is 7.53. The van der Waals surface area contributed by atoms with Crippen LogP contribution in [0.15, 0.2) is 24.8 Å². The van der Waals surface area contributed by atoms with Crippen LogP contribution in [0.1, 0.15) is 144 Å². The van der Waals surface area contributed by atoms with E-state index in [1.807, 2.05) is 13.8 Å². The summed E-state index contributed by atoms with van der Waals surface area (Å²) in [6.45, 7) is 24.9. The Balaban J connectivity index is 0. The fraction of sp³-hybridized carbons (Fsp3) is 0.805. The first kappa shape index (κ1) is 51.3. The minimum atomic E-state index is -0.419. The van der Waals surface area contributed by atoms with Gasteiger partial charge in [-0.1, -0.05) is 86.3 Å². The molecule has 2 fully saturated rings. The van der Waals surface area contributed by atoms with Gasteiger partial charge in [0, 0.05) is 36.5 Å². The first-order chi connectivity index (χ1) is 25.0. The van der Waals surface area contributed by atoms with E-state index in [9.17, 15) is 19.2 Å².